The third-order valence-electron chi connectivity index (χ3n) is 6.23. The quantitative estimate of drug-likeness (QED) is 0.299. The lowest BCUT2D eigenvalue weighted by atomic mass is 10.0. The average Bonchev–Trinajstić information content (AvgIpc) is 3.04. The van der Waals surface area contributed by atoms with Gasteiger partial charge in [0, 0.05) is 30.4 Å². The molecule has 0 fully saturated rings. The Morgan fingerprint density at radius 2 is 1.71 bits per heavy atom. The van der Waals surface area contributed by atoms with Crippen LogP contribution in [0.2, 0.25) is 5.02 Å². The smallest absolute Gasteiger partial charge is 0.392 e. The van der Waals surface area contributed by atoms with Gasteiger partial charge in [-0.05, 0) is 50.1 Å². The lowest BCUT2D eigenvalue weighted by molar-refractivity contribution is -0.144. The van der Waals surface area contributed by atoms with Crippen LogP contribution in [0.5, 0.6) is 5.88 Å². The number of hydrogen-bond acceptors (Lipinski definition) is 4. The molecule has 0 saturated heterocycles. The summed E-state index contributed by atoms with van der Waals surface area (Å²) in [6.07, 6.45) is -4.99. The van der Waals surface area contributed by atoms with Crippen LogP contribution in [0.25, 0.3) is 11.1 Å². The minimum Gasteiger partial charge on any atom is -0.392 e. The molecule has 1 aromatic heterocycles. The van der Waals surface area contributed by atoms with Gasteiger partial charge >= 0.3 is 12.3 Å². The number of halogens is 5. The lowest BCUT2D eigenvalue weighted by Gasteiger charge is -2.28. The average molecular weight is 575 g/mol. The van der Waals surface area contributed by atoms with E-state index >= 15 is 4.39 Å². The van der Waals surface area contributed by atoms with E-state index in [1.54, 1.807) is 30.3 Å². The maximum absolute atomic E-state index is 15.0. The van der Waals surface area contributed by atoms with Crippen LogP contribution in [0.3, 0.4) is 0 Å². The molecule has 0 spiro atoms. The van der Waals surface area contributed by atoms with Crippen molar-refractivity contribution in [2.24, 2.45) is 0 Å². The van der Waals surface area contributed by atoms with Crippen molar-refractivity contribution in [3.63, 3.8) is 0 Å². The Bertz CT molecular complexity index is 1450. The number of carbonyl (C=O) groups excluding carboxylic acids is 1. The number of aromatic nitrogens is 1. The Hall–Kier alpha value is -3.05. The first-order chi connectivity index (χ1) is 17.4. The van der Waals surface area contributed by atoms with Crippen LogP contribution >= 0.6 is 11.6 Å². The van der Waals surface area contributed by atoms with Crippen molar-refractivity contribution >= 4 is 27.5 Å². The molecule has 3 aromatic rings. The number of benzene rings is 2. The number of amides is 1. The molecule has 38 heavy (non-hydrogen) atoms. The van der Waals surface area contributed by atoms with Crippen molar-refractivity contribution in [1.82, 2.24) is 9.47 Å². The third-order valence-corrected chi connectivity index (χ3v) is 8.60. The molecule has 0 aliphatic heterocycles. The van der Waals surface area contributed by atoms with Gasteiger partial charge in [0.15, 0.2) is 9.84 Å². The maximum Gasteiger partial charge on any atom is 0.431 e. The van der Waals surface area contributed by atoms with Gasteiger partial charge < -0.3 is 14.2 Å². The van der Waals surface area contributed by atoms with Crippen LogP contribution < -0.4 is 4.74 Å². The van der Waals surface area contributed by atoms with Crippen molar-refractivity contribution in [1.29, 1.82) is 0 Å². The van der Waals surface area contributed by atoms with E-state index in [1.807, 2.05) is 0 Å². The second-order valence-electron chi connectivity index (χ2n) is 9.60. The predicted molar refractivity (Wildman–Crippen MR) is 138 cm³/mol. The van der Waals surface area contributed by atoms with Crippen LogP contribution in [-0.2, 0) is 22.6 Å². The summed E-state index contributed by atoms with van der Waals surface area (Å²) in [6.45, 7) is 3.34. The zero-order valence-corrected chi connectivity index (χ0v) is 22.9. The SMILES string of the molecule is Cc1c(-c2ccc(Cl)cc2F)c(OC(=O)N(C)CC(C)(C)S(C)(=O)=O)n(Cc2ccccc2)c1C(F)(F)F. The summed E-state index contributed by atoms with van der Waals surface area (Å²) in [5, 5.41) is 0.0324. The highest BCUT2D eigenvalue weighted by Crippen LogP contribution is 2.46. The van der Waals surface area contributed by atoms with E-state index in [1.165, 1.54) is 40.0 Å². The Balaban J connectivity index is 2.23. The van der Waals surface area contributed by atoms with Crippen molar-refractivity contribution in [3.8, 4) is 17.0 Å². The van der Waals surface area contributed by atoms with Gasteiger partial charge in [-0.25, -0.2) is 17.6 Å². The molecular weight excluding hydrogens is 548 g/mol. The van der Waals surface area contributed by atoms with E-state index in [4.69, 9.17) is 16.3 Å². The van der Waals surface area contributed by atoms with Gasteiger partial charge in [0.25, 0.3) is 0 Å². The minimum atomic E-state index is -4.88. The Labute approximate surface area is 223 Å². The number of nitrogens with zero attached hydrogens (tertiary/aromatic N) is 2. The van der Waals surface area contributed by atoms with Gasteiger partial charge in [-0.3, -0.25) is 0 Å². The molecule has 0 saturated carbocycles. The maximum atomic E-state index is 15.0. The standard InChI is InChI=1S/C26H27ClF4N2O4S/c1-16-21(19-12-11-18(27)13-20(19)28)23(37-24(34)32(4)15-25(2,3)38(5,35)36)33(22(16)26(29,30)31)14-17-9-7-6-8-10-17/h6-13H,14-15H2,1-5H3. The van der Waals surface area contributed by atoms with Crippen LogP contribution in [-0.4, -0.2) is 48.6 Å². The van der Waals surface area contributed by atoms with Crippen molar-refractivity contribution in [2.45, 2.75) is 38.2 Å². The molecular formula is C26H27ClF4N2O4S. The Morgan fingerprint density at radius 1 is 1.11 bits per heavy atom. The summed E-state index contributed by atoms with van der Waals surface area (Å²) in [6, 6.07) is 11.7. The van der Waals surface area contributed by atoms with Gasteiger partial charge in [-0.2, -0.15) is 13.2 Å². The van der Waals surface area contributed by atoms with Crippen molar-refractivity contribution < 1.29 is 35.5 Å². The molecule has 1 amide bonds. The number of rotatable bonds is 7. The summed E-state index contributed by atoms with van der Waals surface area (Å²) < 4.78 is 87.4. The first-order valence-corrected chi connectivity index (χ1v) is 13.6. The molecule has 0 atom stereocenters. The molecule has 206 valence electrons. The van der Waals surface area contributed by atoms with E-state index in [2.05, 4.69) is 0 Å². The fourth-order valence-electron chi connectivity index (χ4n) is 4.03. The second kappa shape index (κ2) is 10.6. The fourth-order valence-corrected chi connectivity index (χ4v) is 4.62. The summed E-state index contributed by atoms with van der Waals surface area (Å²) in [5.41, 5.74) is -1.51. The normalized spacial score (nSPS) is 12.5. The van der Waals surface area contributed by atoms with E-state index < -0.39 is 44.2 Å². The summed E-state index contributed by atoms with van der Waals surface area (Å²) in [4.78, 5) is 14.1. The summed E-state index contributed by atoms with van der Waals surface area (Å²) >= 11 is 5.86. The first-order valence-electron chi connectivity index (χ1n) is 11.4. The predicted octanol–water partition coefficient (Wildman–Crippen LogP) is 6.58. The molecule has 3 rings (SSSR count). The van der Waals surface area contributed by atoms with Crippen LogP contribution in [0.1, 0.15) is 30.7 Å². The highest BCUT2D eigenvalue weighted by atomic mass is 35.5. The van der Waals surface area contributed by atoms with E-state index in [0.717, 1.165) is 21.8 Å². The second-order valence-corrected chi connectivity index (χ2v) is 12.7. The Kier molecular flexibility index (Phi) is 8.24. The van der Waals surface area contributed by atoms with E-state index in [9.17, 15) is 26.4 Å². The molecule has 12 heteroatoms. The highest BCUT2D eigenvalue weighted by molar-refractivity contribution is 7.92. The zero-order chi connectivity index (χ0) is 28.6. The number of hydrogen-bond donors (Lipinski definition) is 0. The van der Waals surface area contributed by atoms with Crippen LogP contribution in [0.4, 0.5) is 22.4 Å². The van der Waals surface area contributed by atoms with Gasteiger partial charge in [0.2, 0.25) is 5.88 Å². The molecule has 1 heterocycles. The minimum absolute atomic E-state index is 0.0324. The Morgan fingerprint density at radius 3 is 2.24 bits per heavy atom. The first kappa shape index (κ1) is 29.5. The molecule has 0 aliphatic carbocycles. The molecule has 0 aliphatic rings. The molecule has 0 radical (unpaired) electrons. The van der Waals surface area contributed by atoms with E-state index in [-0.39, 0.29) is 34.8 Å². The molecule has 0 unspecified atom stereocenters. The molecule has 0 N–H and O–H groups in total. The third kappa shape index (κ3) is 6.15. The fraction of sp³-hybridized carbons (Fsp3) is 0.346. The lowest BCUT2D eigenvalue weighted by Crippen LogP contribution is -2.45. The zero-order valence-electron chi connectivity index (χ0n) is 21.4. The molecule has 2 aromatic carbocycles. The summed E-state index contributed by atoms with van der Waals surface area (Å²) in [5.74, 6) is -1.44. The van der Waals surface area contributed by atoms with Gasteiger partial charge in [0.1, 0.15) is 11.5 Å². The van der Waals surface area contributed by atoms with Gasteiger partial charge in [-0.15, -0.1) is 0 Å². The van der Waals surface area contributed by atoms with Crippen molar-refractivity contribution in [2.75, 3.05) is 19.8 Å². The van der Waals surface area contributed by atoms with Crippen LogP contribution in [0.15, 0.2) is 48.5 Å². The monoisotopic (exact) mass is 574 g/mol. The van der Waals surface area contributed by atoms with E-state index in [0.29, 0.717) is 5.56 Å². The van der Waals surface area contributed by atoms with Gasteiger partial charge in [0.05, 0.1) is 16.9 Å². The number of ether oxygens (including phenoxy) is 1. The topological polar surface area (TPSA) is 68.6 Å². The highest BCUT2D eigenvalue weighted by Gasteiger charge is 2.42. The number of sulfone groups is 1. The largest absolute Gasteiger partial charge is 0.431 e. The van der Waals surface area contributed by atoms with Crippen molar-refractivity contribution in [3.05, 3.63) is 76.2 Å². The summed E-state index contributed by atoms with van der Waals surface area (Å²) in [7, 11) is -2.34. The number of alkyl halides is 3. The molecule has 0 bridgehead atoms. The van der Waals surface area contributed by atoms with Crippen LogP contribution in [0, 0.1) is 12.7 Å². The number of carbonyl (C=O) groups is 1. The molecule has 6 nitrogen and oxygen atoms in total. The van der Waals surface area contributed by atoms with Gasteiger partial charge in [-0.1, -0.05) is 41.9 Å².